The van der Waals surface area contributed by atoms with Gasteiger partial charge in [0, 0.05) is 7.14 Å². The molecule has 0 heterocycles. The SMILES string of the molecule is COc1cc(I)c(C)cc1I.Cc1cc(I)c(OCC#N)cc1I. The van der Waals surface area contributed by atoms with Gasteiger partial charge in [0.15, 0.2) is 6.61 Å². The minimum Gasteiger partial charge on any atom is -0.496 e. The molecule has 2 aromatic rings. The third kappa shape index (κ3) is 6.99. The van der Waals surface area contributed by atoms with E-state index in [1.165, 1.54) is 18.3 Å². The van der Waals surface area contributed by atoms with E-state index in [2.05, 4.69) is 122 Å². The highest BCUT2D eigenvalue weighted by molar-refractivity contribution is 14.1. The molecule has 0 N–H and O–H groups in total. The predicted molar refractivity (Wildman–Crippen MR) is 131 cm³/mol. The van der Waals surface area contributed by atoms with Crippen LogP contribution in [0.1, 0.15) is 11.1 Å². The number of hydrogen-bond acceptors (Lipinski definition) is 3. The molecule has 0 aliphatic carbocycles. The van der Waals surface area contributed by atoms with Gasteiger partial charge < -0.3 is 9.47 Å². The summed E-state index contributed by atoms with van der Waals surface area (Å²) in [6, 6.07) is 10.1. The smallest absolute Gasteiger partial charge is 0.174 e. The van der Waals surface area contributed by atoms with Crippen LogP contribution in [-0.4, -0.2) is 13.7 Å². The average Bonchev–Trinajstić information content (AvgIpc) is 2.53. The number of aryl methyl sites for hydroxylation is 2. The van der Waals surface area contributed by atoms with Crippen LogP contribution in [0.15, 0.2) is 24.3 Å². The van der Waals surface area contributed by atoms with Crippen LogP contribution in [0.2, 0.25) is 0 Å². The van der Waals surface area contributed by atoms with E-state index in [0.717, 1.165) is 18.6 Å². The topological polar surface area (TPSA) is 42.2 Å². The van der Waals surface area contributed by atoms with E-state index in [4.69, 9.17) is 14.7 Å². The van der Waals surface area contributed by atoms with Crippen LogP contribution < -0.4 is 9.47 Å². The van der Waals surface area contributed by atoms with Crippen molar-refractivity contribution in [3.05, 3.63) is 49.7 Å². The Morgan fingerprint density at radius 2 is 1.29 bits per heavy atom. The number of halogens is 4. The molecule has 0 saturated heterocycles. The fraction of sp³-hybridized carbons (Fsp3) is 0.235. The van der Waals surface area contributed by atoms with E-state index in [1.54, 1.807) is 7.11 Å². The lowest BCUT2D eigenvalue weighted by Gasteiger charge is -2.06. The maximum atomic E-state index is 8.36. The van der Waals surface area contributed by atoms with Crippen LogP contribution in [0.4, 0.5) is 0 Å². The van der Waals surface area contributed by atoms with Crippen molar-refractivity contribution < 1.29 is 9.47 Å². The third-order valence-corrected chi connectivity index (χ3v) is 6.95. The number of rotatable bonds is 3. The number of benzene rings is 2. The standard InChI is InChI=1S/C9H7I2NO.C8H8I2O/c1-6-4-8(11)9(5-7(6)10)13-3-2-12;1-5-3-7(10)8(11-2)4-6(5)9/h4-5H,3H2,1H3;3-4H,1-2H3. The van der Waals surface area contributed by atoms with Gasteiger partial charge >= 0.3 is 0 Å². The maximum Gasteiger partial charge on any atom is 0.174 e. The molecule has 0 radical (unpaired) electrons. The number of nitriles is 1. The van der Waals surface area contributed by atoms with Gasteiger partial charge in [-0.1, -0.05) is 0 Å². The highest BCUT2D eigenvalue weighted by atomic mass is 127. The Kier molecular flexibility index (Phi) is 10.5. The van der Waals surface area contributed by atoms with Gasteiger partial charge in [-0.25, -0.2) is 0 Å². The molecule has 0 unspecified atom stereocenters. The molecule has 0 bridgehead atoms. The number of nitrogens with zero attached hydrogens (tertiary/aromatic N) is 1. The van der Waals surface area contributed by atoms with Crippen molar-refractivity contribution in [2.75, 3.05) is 13.7 Å². The third-order valence-electron chi connectivity index (χ3n) is 2.94. The molecular formula is C17H15I4NO2. The van der Waals surface area contributed by atoms with Crippen molar-refractivity contribution in [1.82, 2.24) is 0 Å². The molecule has 0 aliphatic rings. The first-order valence-electron chi connectivity index (χ1n) is 6.75. The Morgan fingerprint density at radius 1 is 0.833 bits per heavy atom. The van der Waals surface area contributed by atoms with E-state index in [0.29, 0.717) is 0 Å². The highest BCUT2D eigenvalue weighted by Crippen LogP contribution is 2.26. The summed E-state index contributed by atoms with van der Waals surface area (Å²) in [5.41, 5.74) is 2.53. The van der Waals surface area contributed by atoms with Crippen LogP contribution in [0.5, 0.6) is 11.5 Å². The van der Waals surface area contributed by atoms with Gasteiger partial charge in [-0.05, 0) is 140 Å². The first-order chi connectivity index (χ1) is 11.3. The summed E-state index contributed by atoms with van der Waals surface area (Å²) in [7, 11) is 1.70. The van der Waals surface area contributed by atoms with Crippen molar-refractivity contribution in [1.29, 1.82) is 5.26 Å². The number of hydrogen-bond donors (Lipinski definition) is 0. The minimum absolute atomic E-state index is 0.106. The molecule has 0 aliphatic heterocycles. The van der Waals surface area contributed by atoms with Gasteiger partial charge in [-0.3, -0.25) is 0 Å². The van der Waals surface area contributed by atoms with E-state index in [-0.39, 0.29) is 6.61 Å². The van der Waals surface area contributed by atoms with Crippen LogP contribution in [0, 0.1) is 39.5 Å². The van der Waals surface area contributed by atoms with Crippen molar-refractivity contribution in [3.63, 3.8) is 0 Å². The summed E-state index contributed by atoms with van der Waals surface area (Å²) in [4.78, 5) is 0. The normalized spacial score (nSPS) is 9.58. The van der Waals surface area contributed by atoms with E-state index < -0.39 is 0 Å². The first kappa shape index (κ1) is 22.5. The van der Waals surface area contributed by atoms with E-state index >= 15 is 0 Å². The molecular weight excluding hydrogens is 758 g/mol. The van der Waals surface area contributed by atoms with Gasteiger partial charge in [-0.15, -0.1) is 0 Å². The summed E-state index contributed by atoms with van der Waals surface area (Å²) in [6.07, 6.45) is 0. The van der Waals surface area contributed by atoms with Crippen LogP contribution >= 0.6 is 90.4 Å². The Hall–Kier alpha value is 0.450. The summed E-state index contributed by atoms with van der Waals surface area (Å²) >= 11 is 9.04. The highest BCUT2D eigenvalue weighted by Gasteiger charge is 2.04. The Balaban J connectivity index is 0.000000243. The van der Waals surface area contributed by atoms with Gasteiger partial charge in [0.1, 0.15) is 17.6 Å². The monoisotopic (exact) mass is 773 g/mol. The zero-order valence-corrected chi connectivity index (χ0v) is 21.9. The molecule has 0 aromatic heterocycles. The second-order valence-corrected chi connectivity index (χ2v) is 9.36. The molecule has 2 rings (SSSR count). The number of ether oxygens (including phenoxy) is 2. The lowest BCUT2D eigenvalue weighted by atomic mass is 10.2. The molecule has 0 spiro atoms. The van der Waals surface area contributed by atoms with E-state index in [9.17, 15) is 0 Å². The predicted octanol–water partition coefficient (Wildman–Crippen LogP) is 6.32. The number of methoxy groups -OCH3 is 1. The lowest BCUT2D eigenvalue weighted by Crippen LogP contribution is -1.97. The van der Waals surface area contributed by atoms with Crippen molar-refractivity contribution in [3.8, 4) is 17.6 Å². The zero-order chi connectivity index (χ0) is 18.3. The largest absolute Gasteiger partial charge is 0.496 e. The van der Waals surface area contributed by atoms with Crippen LogP contribution in [-0.2, 0) is 0 Å². The van der Waals surface area contributed by atoms with Crippen LogP contribution in [0.3, 0.4) is 0 Å². The zero-order valence-electron chi connectivity index (χ0n) is 13.3. The molecule has 128 valence electrons. The molecule has 0 atom stereocenters. The van der Waals surface area contributed by atoms with Gasteiger partial charge in [0.05, 0.1) is 14.3 Å². The summed E-state index contributed by atoms with van der Waals surface area (Å²) in [6.45, 7) is 4.26. The molecule has 24 heavy (non-hydrogen) atoms. The molecule has 7 heteroatoms. The average molecular weight is 773 g/mol. The Labute approximate surface area is 197 Å². The van der Waals surface area contributed by atoms with Gasteiger partial charge in [0.2, 0.25) is 0 Å². The second kappa shape index (κ2) is 11.2. The fourth-order valence-corrected chi connectivity index (χ4v) is 4.13. The molecule has 2 aromatic carbocycles. The second-order valence-electron chi connectivity index (χ2n) is 4.71. The summed E-state index contributed by atoms with van der Waals surface area (Å²) < 4.78 is 15.0. The minimum atomic E-state index is 0.106. The van der Waals surface area contributed by atoms with Gasteiger partial charge in [0.25, 0.3) is 0 Å². The molecule has 0 fully saturated rings. The van der Waals surface area contributed by atoms with Gasteiger partial charge in [-0.2, -0.15) is 5.26 Å². The maximum absolute atomic E-state index is 8.36. The van der Waals surface area contributed by atoms with E-state index in [1.807, 2.05) is 12.1 Å². The molecule has 3 nitrogen and oxygen atoms in total. The van der Waals surface area contributed by atoms with Crippen molar-refractivity contribution in [2.24, 2.45) is 0 Å². The quantitative estimate of drug-likeness (QED) is 0.344. The Morgan fingerprint density at radius 3 is 1.75 bits per heavy atom. The summed E-state index contributed by atoms with van der Waals surface area (Å²) in [5, 5.41) is 8.36. The van der Waals surface area contributed by atoms with Crippen molar-refractivity contribution in [2.45, 2.75) is 13.8 Å². The lowest BCUT2D eigenvalue weighted by molar-refractivity contribution is 0.365. The summed E-state index contributed by atoms with van der Waals surface area (Å²) in [5.74, 6) is 1.75. The molecule has 0 saturated carbocycles. The molecule has 0 amide bonds. The Bertz CT molecular complexity index is 757. The fourth-order valence-electron chi connectivity index (χ4n) is 1.63. The van der Waals surface area contributed by atoms with Crippen molar-refractivity contribution >= 4 is 90.4 Å². The first-order valence-corrected chi connectivity index (χ1v) is 11.1. The van der Waals surface area contributed by atoms with Crippen LogP contribution in [0.25, 0.3) is 0 Å².